The maximum atomic E-state index is 11.4. The fourth-order valence-corrected chi connectivity index (χ4v) is 2.30. The van der Waals surface area contributed by atoms with Crippen LogP contribution in [0.1, 0.15) is 24.9 Å². The molecule has 0 fully saturated rings. The van der Waals surface area contributed by atoms with E-state index in [2.05, 4.69) is 5.32 Å². The SMILES string of the molecule is CCCS(=O)Cc1ccc(CNC)o1. The Hall–Kier alpha value is -0.610. The van der Waals surface area contributed by atoms with Crippen LogP contribution in [0.15, 0.2) is 16.5 Å². The summed E-state index contributed by atoms with van der Waals surface area (Å²) in [6.45, 7) is 2.76. The average molecular weight is 215 g/mol. The highest BCUT2D eigenvalue weighted by Gasteiger charge is 2.05. The molecule has 1 unspecified atom stereocenters. The topological polar surface area (TPSA) is 42.2 Å². The molecule has 1 rings (SSSR count). The highest BCUT2D eigenvalue weighted by molar-refractivity contribution is 7.84. The van der Waals surface area contributed by atoms with Crippen molar-refractivity contribution in [2.45, 2.75) is 25.6 Å². The lowest BCUT2D eigenvalue weighted by Crippen LogP contribution is -2.03. The first-order valence-corrected chi connectivity index (χ1v) is 6.32. The van der Waals surface area contributed by atoms with E-state index in [0.29, 0.717) is 5.75 Å². The van der Waals surface area contributed by atoms with Gasteiger partial charge in [0, 0.05) is 16.6 Å². The molecule has 1 atom stereocenters. The first-order valence-electron chi connectivity index (χ1n) is 4.83. The van der Waals surface area contributed by atoms with Gasteiger partial charge >= 0.3 is 0 Å². The fraction of sp³-hybridized carbons (Fsp3) is 0.600. The molecule has 0 saturated carbocycles. The Kier molecular flexibility index (Phi) is 4.90. The fourth-order valence-electron chi connectivity index (χ4n) is 1.23. The standard InChI is InChI=1S/C10H17NO2S/c1-3-6-14(12)8-10-5-4-9(13-10)7-11-2/h4-5,11H,3,6-8H2,1-2H3. The van der Waals surface area contributed by atoms with Crippen molar-refractivity contribution in [1.29, 1.82) is 0 Å². The second kappa shape index (κ2) is 5.98. The van der Waals surface area contributed by atoms with Gasteiger partial charge in [-0.3, -0.25) is 4.21 Å². The van der Waals surface area contributed by atoms with Crippen LogP contribution in [0.2, 0.25) is 0 Å². The number of hydrogen-bond acceptors (Lipinski definition) is 3. The number of rotatable bonds is 6. The molecule has 1 heterocycles. The van der Waals surface area contributed by atoms with Gasteiger partial charge in [-0.25, -0.2) is 0 Å². The van der Waals surface area contributed by atoms with Crippen molar-refractivity contribution in [2.24, 2.45) is 0 Å². The van der Waals surface area contributed by atoms with Crippen molar-refractivity contribution in [1.82, 2.24) is 5.32 Å². The zero-order valence-electron chi connectivity index (χ0n) is 8.71. The second-order valence-corrected chi connectivity index (χ2v) is 4.76. The van der Waals surface area contributed by atoms with Gasteiger partial charge in [0.1, 0.15) is 11.5 Å². The Morgan fingerprint density at radius 3 is 2.79 bits per heavy atom. The Bertz CT molecular complexity index is 296. The minimum absolute atomic E-state index is 0.539. The lowest BCUT2D eigenvalue weighted by molar-refractivity contribution is 0.467. The zero-order chi connectivity index (χ0) is 10.4. The lowest BCUT2D eigenvalue weighted by Gasteiger charge is -1.97. The van der Waals surface area contributed by atoms with Gasteiger partial charge in [0.05, 0.1) is 12.3 Å². The maximum Gasteiger partial charge on any atom is 0.117 e. The van der Waals surface area contributed by atoms with E-state index in [1.54, 1.807) is 0 Å². The van der Waals surface area contributed by atoms with Crippen LogP contribution in [0, 0.1) is 0 Å². The quantitative estimate of drug-likeness (QED) is 0.784. The molecule has 0 aliphatic carbocycles. The molecule has 0 aromatic carbocycles. The predicted molar refractivity (Wildman–Crippen MR) is 58.5 cm³/mol. The van der Waals surface area contributed by atoms with Gasteiger partial charge in [-0.05, 0) is 25.6 Å². The first-order chi connectivity index (χ1) is 6.76. The van der Waals surface area contributed by atoms with E-state index in [-0.39, 0.29) is 0 Å². The van der Waals surface area contributed by atoms with E-state index in [9.17, 15) is 4.21 Å². The van der Waals surface area contributed by atoms with Gasteiger partial charge < -0.3 is 9.73 Å². The molecule has 1 aromatic heterocycles. The molecule has 14 heavy (non-hydrogen) atoms. The van der Waals surface area contributed by atoms with E-state index < -0.39 is 10.8 Å². The molecular weight excluding hydrogens is 198 g/mol. The van der Waals surface area contributed by atoms with E-state index in [4.69, 9.17) is 4.42 Å². The molecule has 0 amide bonds. The Balaban J connectivity index is 2.46. The molecule has 0 saturated heterocycles. The first kappa shape index (κ1) is 11.5. The van der Waals surface area contributed by atoms with Crippen LogP contribution in [0.3, 0.4) is 0 Å². The molecule has 0 aliphatic heterocycles. The van der Waals surface area contributed by atoms with Crippen molar-refractivity contribution >= 4 is 10.8 Å². The molecule has 0 bridgehead atoms. The number of furan rings is 1. The summed E-state index contributed by atoms with van der Waals surface area (Å²) in [5.41, 5.74) is 0. The summed E-state index contributed by atoms with van der Waals surface area (Å²) in [4.78, 5) is 0. The summed E-state index contributed by atoms with van der Waals surface area (Å²) in [5, 5.41) is 3.01. The van der Waals surface area contributed by atoms with Crippen LogP contribution in [0.4, 0.5) is 0 Å². The highest BCUT2D eigenvalue weighted by Crippen LogP contribution is 2.10. The molecule has 1 N–H and O–H groups in total. The predicted octanol–water partition coefficient (Wildman–Crippen LogP) is 1.66. The third-order valence-corrected chi connectivity index (χ3v) is 3.27. The van der Waals surface area contributed by atoms with Crippen LogP contribution in [-0.4, -0.2) is 17.0 Å². The molecule has 0 aliphatic rings. The van der Waals surface area contributed by atoms with E-state index in [1.165, 1.54) is 0 Å². The molecule has 0 radical (unpaired) electrons. The minimum atomic E-state index is -0.776. The number of nitrogens with one attached hydrogen (secondary N) is 1. The second-order valence-electron chi connectivity index (χ2n) is 3.19. The molecule has 4 heteroatoms. The molecule has 3 nitrogen and oxygen atoms in total. The zero-order valence-corrected chi connectivity index (χ0v) is 9.52. The molecule has 0 spiro atoms. The van der Waals surface area contributed by atoms with Gasteiger partial charge in [0.25, 0.3) is 0 Å². The van der Waals surface area contributed by atoms with Gasteiger partial charge in [-0.2, -0.15) is 0 Å². The normalized spacial score (nSPS) is 13.0. The van der Waals surface area contributed by atoms with E-state index in [1.807, 2.05) is 26.1 Å². The van der Waals surface area contributed by atoms with Crippen LogP contribution in [-0.2, 0) is 23.1 Å². The van der Waals surface area contributed by atoms with Crippen molar-refractivity contribution in [3.63, 3.8) is 0 Å². The third kappa shape index (κ3) is 3.64. The maximum absolute atomic E-state index is 11.4. The van der Waals surface area contributed by atoms with Crippen LogP contribution in [0.25, 0.3) is 0 Å². The molecule has 80 valence electrons. The Morgan fingerprint density at radius 1 is 1.43 bits per heavy atom. The van der Waals surface area contributed by atoms with Crippen molar-refractivity contribution < 1.29 is 8.63 Å². The Labute approximate surface area is 87.3 Å². The largest absolute Gasteiger partial charge is 0.464 e. The van der Waals surface area contributed by atoms with Crippen molar-refractivity contribution in [2.75, 3.05) is 12.8 Å². The van der Waals surface area contributed by atoms with Crippen molar-refractivity contribution in [3.05, 3.63) is 23.7 Å². The summed E-state index contributed by atoms with van der Waals surface area (Å²) in [5.74, 6) is 3.01. The minimum Gasteiger partial charge on any atom is -0.464 e. The summed E-state index contributed by atoms with van der Waals surface area (Å²) in [6.07, 6.45) is 0.955. The van der Waals surface area contributed by atoms with Gasteiger partial charge in [-0.1, -0.05) is 6.92 Å². The highest BCUT2D eigenvalue weighted by atomic mass is 32.2. The smallest absolute Gasteiger partial charge is 0.117 e. The van der Waals surface area contributed by atoms with Crippen LogP contribution < -0.4 is 5.32 Å². The summed E-state index contributed by atoms with van der Waals surface area (Å²) < 4.78 is 16.9. The van der Waals surface area contributed by atoms with Gasteiger partial charge in [-0.15, -0.1) is 0 Å². The summed E-state index contributed by atoms with van der Waals surface area (Å²) in [6, 6.07) is 3.83. The third-order valence-electron chi connectivity index (χ3n) is 1.80. The van der Waals surface area contributed by atoms with Crippen LogP contribution in [0.5, 0.6) is 0 Å². The molecular formula is C10H17NO2S. The summed E-state index contributed by atoms with van der Waals surface area (Å²) >= 11 is 0. The van der Waals surface area contributed by atoms with Gasteiger partial charge in [0.2, 0.25) is 0 Å². The number of hydrogen-bond donors (Lipinski definition) is 1. The monoisotopic (exact) mass is 215 g/mol. The lowest BCUT2D eigenvalue weighted by atomic mass is 10.4. The van der Waals surface area contributed by atoms with Gasteiger partial charge in [0.15, 0.2) is 0 Å². The average Bonchev–Trinajstić information content (AvgIpc) is 2.53. The van der Waals surface area contributed by atoms with Crippen molar-refractivity contribution in [3.8, 4) is 0 Å². The Morgan fingerprint density at radius 2 is 2.14 bits per heavy atom. The van der Waals surface area contributed by atoms with Crippen LogP contribution >= 0.6 is 0 Å². The van der Waals surface area contributed by atoms with E-state index >= 15 is 0 Å². The molecule has 1 aromatic rings. The summed E-state index contributed by atoms with van der Waals surface area (Å²) in [7, 11) is 1.10. The van der Waals surface area contributed by atoms with E-state index in [0.717, 1.165) is 30.2 Å².